The summed E-state index contributed by atoms with van der Waals surface area (Å²) < 4.78 is 20.1. The maximum Gasteiger partial charge on any atom is 0.266 e. The van der Waals surface area contributed by atoms with Crippen LogP contribution in [0.5, 0.6) is 5.75 Å². The van der Waals surface area contributed by atoms with Gasteiger partial charge in [0.2, 0.25) is 0 Å². The second-order valence-electron chi connectivity index (χ2n) is 9.89. The topological polar surface area (TPSA) is 41.9 Å². The van der Waals surface area contributed by atoms with Gasteiger partial charge in [-0.1, -0.05) is 56.7 Å². The van der Waals surface area contributed by atoms with Gasteiger partial charge in [-0.15, -0.1) is 0 Å². The van der Waals surface area contributed by atoms with Crippen LogP contribution >= 0.6 is 27.7 Å². The lowest BCUT2D eigenvalue weighted by Gasteiger charge is -2.31. The highest BCUT2D eigenvalue weighted by molar-refractivity contribution is 9.10. The van der Waals surface area contributed by atoms with Gasteiger partial charge < -0.3 is 4.74 Å². The van der Waals surface area contributed by atoms with E-state index in [0.717, 1.165) is 51.4 Å². The van der Waals surface area contributed by atoms with Crippen molar-refractivity contribution in [3.63, 3.8) is 0 Å². The lowest BCUT2D eigenvalue weighted by molar-refractivity contribution is -0.124. The molecular weight excluding hydrogens is 539 g/mol. The number of aliphatic imine (C=N–C) groups is 1. The number of amidine groups is 1. The van der Waals surface area contributed by atoms with Crippen molar-refractivity contribution in [1.82, 2.24) is 4.90 Å². The number of benzene rings is 2. The van der Waals surface area contributed by atoms with E-state index < -0.39 is 0 Å². The molecule has 3 aliphatic rings. The molecule has 2 aliphatic carbocycles. The van der Waals surface area contributed by atoms with Crippen molar-refractivity contribution in [1.29, 1.82) is 0 Å². The first-order valence-electron chi connectivity index (χ1n) is 13.0. The molecular formula is C29H32BrFN2O2S. The van der Waals surface area contributed by atoms with E-state index in [0.29, 0.717) is 11.8 Å². The summed E-state index contributed by atoms with van der Waals surface area (Å²) in [5.74, 6) is 0.490. The van der Waals surface area contributed by atoms with Crippen molar-refractivity contribution in [3.05, 3.63) is 68.8 Å². The van der Waals surface area contributed by atoms with E-state index in [2.05, 4.69) is 15.9 Å². The predicted molar refractivity (Wildman–Crippen MR) is 148 cm³/mol. The molecule has 2 saturated carbocycles. The quantitative estimate of drug-likeness (QED) is 0.329. The van der Waals surface area contributed by atoms with Crippen molar-refractivity contribution in [2.24, 2.45) is 4.99 Å². The first-order valence-corrected chi connectivity index (χ1v) is 14.7. The first-order chi connectivity index (χ1) is 17.6. The van der Waals surface area contributed by atoms with Gasteiger partial charge in [-0.25, -0.2) is 4.39 Å². The molecule has 1 aliphatic heterocycles. The van der Waals surface area contributed by atoms with Crippen LogP contribution in [0.15, 0.2) is 56.8 Å². The lowest BCUT2D eigenvalue weighted by Crippen LogP contribution is -2.41. The van der Waals surface area contributed by atoms with Gasteiger partial charge in [-0.05, 0) is 94.8 Å². The average Bonchev–Trinajstić information content (AvgIpc) is 3.18. The summed E-state index contributed by atoms with van der Waals surface area (Å²) in [4.78, 5) is 21.4. The maximum atomic E-state index is 13.6. The standard InChI is InChI=1S/C29H32BrFN2O2S/c30-25-17-20(14-15-26(25)35-19-21-8-7-9-22(31)16-21)18-27-28(34)33(24-12-5-2-6-13-24)29(36-27)32-23-10-3-1-4-11-23/h7-9,14-18,23-24H,1-6,10-13,19H2. The van der Waals surface area contributed by atoms with Gasteiger partial charge in [0.1, 0.15) is 18.2 Å². The van der Waals surface area contributed by atoms with Crippen molar-refractivity contribution in [2.45, 2.75) is 82.9 Å². The Labute approximate surface area is 225 Å². The molecule has 0 spiro atoms. The Kier molecular flexibility index (Phi) is 8.47. The number of hydrogen-bond acceptors (Lipinski definition) is 4. The van der Waals surface area contributed by atoms with E-state index in [9.17, 15) is 9.18 Å². The molecule has 2 aromatic carbocycles. The molecule has 0 aromatic heterocycles. The minimum absolute atomic E-state index is 0.0870. The van der Waals surface area contributed by atoms with E-state index >= 15 is 0 Å². The van der Waals surface area contributed by atoms with Gasteiger partial charge in [0.25, 0.3) is 5.91 Å². The summed E-state index contributed by atoms with van der Waals surface area (Å²) in [6.07, 6.45) is 13.7. The number of carbonyl (C=O) groups excluding carboxylic acids is 1. The highest BCUT2D eigenvalue weighted by Gasteiger charge is 2.39. The van der Waals surface area contributed by atoms with Gasteiger partial charge in [-0.2, -0.15) is 0 Å². The van der Waals surface area contributed by atoms with Gasteiger partial charge >= 0.3 is 0 Å². The predicted octanol–water partition coefficient (Wildman–Crippen LogP) is 8.10. The van der Waals surface area contributed by atoms with Crippen molar-refractivity contribution in [3.8, 4) is 5.75 Å². The molecule has 190 valence electrons. The third-order valence-corrected chi connectivity index (χ3v) is 8.80. The molecule has 1 amide bonds. The van der Waals surface area contributed by atoms with Crippen molar-refractivity contribution in [2.75, 3.05) is 0 Å². The van der Waals surface area contributed by atoms with E-state index in [-0.39, 0.29) is 24.4 Å². The molecule has 2 aromatic rings. The summed E-state index contributed by atoms with van der Waals surface area (Å²) in [6.45, 7) is 0.280. The first kappa shape index (κ1) is 25.5. The number of carbonyl (C=O) groups is 1. The molecule has 36 heavy (non-hydrogen) atoms. The van der Waals surface area contributed by atoms with Crippen LogP contribution < -0.4 is 4.74 Å². The van der Waals surface area contributed by atoms with Crippen LogP contribution in [0.3, 0.4) is 0 Å². The Morgan fingerprint density at radius 2 is 1.78 bits per heavy atom. The normalized spacial score (nSPS) is 22.1. The van der Waals surface area contributed by atoms with Gasteiger partial charge in [0.15, 0.2) is 5.17 Å². The average molecular weight is 572 g/mol. The Hall–Kier alpha value is -2.12. The second-order valence-corrected chi connectivity index (χ2v) is 11.8. The Balaban J connectivity index is 1.34. The summed E-state index contributed by atoms with van der Waals surface area (Å²) >= 11 is 5.13. The molecule has 1 heterocycles. The Morgan fingerprint density at radius 3 is 2.50 bits per heavy atom. The van der Waals surface area contributed by atoms with E-state index in [1.807, 2.05) is 35.2 Å². The van der Waals surface area contributed by atoms with Gasteiger partial charge in [0.05, 0.1) is 15.4 Å². The van der Waals surface area contributed by atoms with Crippen LogP contribution in [0.2, 0.25) is 0 Å². The second kappa shape index (κ2) is 12.0. The summed E-state index contributed by atoms with van der Waals surface area (Å²) in [7, 11) is 0. The number of hydrogen-bond donors (Lipinski definition) is 0. The maximum absolute atomic E-state index is 13.6. The third kappa shape index (κ3) is 6.23. The van der Waals surface area contributed by atoms with Crippen LogP contribution in [0.4, 0.5) is 4.39 Å². The zero-order valence-corrected chi connectivity index (χ0v) is 22.8. The summed E-state index contributed by atoms with van der Waals surface area (Å²) in [6, 6.07) is 12.8. The van der Waals surface area contributed by atoms with E-state index in [4.69, 9.17) is 9.73 Å². The molecule has 0 bridgehead atoms. The molecule has 7 heteroatoms. The smallest absolute Gasteiger partial charge is 0.266 e. The van der Waals surface area contributed by atoms with Gasteiger partial charge in [0, 0.05) is 6.04 Å². The number of halogens is 2. The monoisotopic (exact) mass is 570 g/mol. The fourth-order valence-corrected chi connectivity index (χ4v) is 6.89. The SMILES string of the molecule is O=C1C(=Cc2ccc(OCc3cccc(F)c3)c(Br)c2)SC(=NC2CCCCC2)N1C1CCCCC1. The van der Waals surface area contributed by atoms with E-state index in [1.165, 1.54) is 62.4 Å². The fourth-order valence-electron chi connectivity index (χ4n) is 5.27. The minimum Gasteiger partial charge on any atom is -0.488 e. The molecule has 0 unspecified atom stereocenters. The van der Waals surface area contributed by atoms with Crippen LogP contribution in [-0.4, -0.2) is 28.1 Å². The highest BCUT2D eigenvalue weighted by atomic mass is 79.9. The Morgan fingerprint density at radius 1 is 1.03 bits per heavy atom. The van der Waals surface area contributed by atoms with Gasteiger partial charge in [-0.3, -0.25) is 14.7 Å². The number of thioether (sulfide) groups is 1. The van der Waals surface area contributed by atoms with Crippen LogP contribution in [0, 0.1) is 5.82 Å². The third-order valence-electron chi connectivity index (χ3n) is 7.18. The molecule has 1 saturated heterocycles. The lowest BCUT2D eigenvalue weighted by atomic mass is 9.94. The number of amides is 1. The molecule has 4 nitrogen and oxygen atoms in total. The van der Waals surface area contributed by atoms with Crippen LogP contribution in [-0.2, 0) is 11.4 Å². The fraction of sp³-hybridized carbons (Fsp3) is 0.448. The molecule has 5 rings (SSSR count). The minimum atomic E-state index is -0.274. The molecule has 0 N–H and O–H groups in total. The molecule has 0 atom stereocenters. The zero-order chi connectivity index (χ0) is 24.9. The van der Waals surface area contributed by atoms with Crippen molar-refractivity contribution >= 4 is 44.8 Å². The molecule has 0 radical (unpaired) electrons. The number of ether oxygens (including phenoxy) is 1. The number of nitrogens with zero attached hydrogens (tertiary/aromatic N) is 2. The molecule has 3 fully saturated rings. The zero-order valence-electron chi connectivity index (χ0n) is 20.4. The summed E-state index contributed by atoms with van der Waals surface area (Å²) in [5, 5.41) is 0.902. The van der Waals surface area contributed by atoms with E-state index in [1.54, 1.807) is 6.07 Å². The summed E-state index contributed by atoms with van der Waals surface area (Å²) in [5.41, 5.74) is 1.70. The number of rotatable bonds is 6. The largest absolute Gasteiger partial charge is 0.488 e. The van der Waals surface area contributed by atoms with Crippen LogP contribution in [0.25, 0.3) is 6.08 Å². The Bertz CT molecular complexity index is 1160. The highest BCUT2D eigenvalue weighted by Crippen LogP contribution is 2.39. The van der Waals surface area contributed by atoms with Crippen molar-refractivity contribution < 1.29 is 13.9 Å². The van der Waals surface area contributed by atoms with Crippen LogP contribution in [0.1, 0.15) is 75.3 Å².